The van der Waals surface area contributed by atoms with E-state index in [0.29, 0.717) is 11.5 Å². The minimum absolute atomic E-state index is 0.320. The van der Waals surface area contributed by atoms with Gasteiger partial charge in [-0.2, -0.15) is 0 Å². The molecule has 2 aliphatic carbocycles. The quantitative estimate of drug-likeness (QED) is 0.222. The normalized spacial score (nSPS) is 26.1. The maximum absolute atomic E-state index is 13.8. The van der Waals surface area contributed by atoms with Crippen LogP contribution in [-0.2, 0) is 0 Å². The monoisotopic (exact) mass is 464 g/mol. The lowest BCUT2D eigenvalue weighted by Gasteiger charge is -2.37. The molecule has 0 amide bonds. The highest BCUT2D eigenvalue weighted by Crippen LogP contribution is 2.42. The topological polar surface area (TPSA) is 9.23 Å². The van der Waals surface area contributed by atoms with Crippen molar-refractivity contribution in [1.29, 1.82) is 0 Å². The Morgan fingerprint density at radius 2 is 1.64 bits per heavy atom. The van der Waals surface area contributed by atoms with E-state index in [1.165, 1.54) is 83.1 Å². The molecule has 1 nitrogen and oxygen atoms in total. The van der Waals surface area contributed by atoms with Gasteiger partial charge in [-0.1, -0.05) is 63.4 Å². The summed E-state index contributed by atoms with van der Waals surface area (Å²) >= 11 is 0. The van der Waals surface area contributed by atoms with Crippen LogP contribution in [0.1, 0.15) is 89.5 Å². The van der Waals surface area contributed by atoms with Crippen molar-refractivity contribution in [2.24, 2.45) is 23.7 Å². The summed E-state index contributed by atoms with van der Waals surface area (Å²) in [4.78, 5) is 0. The van der Waals surface area contributed by atoms with Gasteiger partial charge in [0, 0.05) is 5.56 Å². The van der Waals surface area contributed by atoms with E-state index in [9.17, 15) is 17.6 Å². The molecule has 0 heterocycles. The van der Waals surface area contributed by atoms with Crippen molar-refractivity contribution in [1.82, 2.24) is 0 Å². The molecule has 2 fully saturated rings. The third-order valence-corrected chi connectivity index (χ3v) is 7.42. The summed E-state index contributed by atoms with van der Waals surface area (Å²) in [5.41, 5.74) is 0.320. The van der Waals surface area contributed by atoms with E-state index in [1.807, 2.05) is 0 Å². The lowest BCUT2D eigenvalue weighted by Crippen LogP contribution is -2.25. The lowest BCUT2D eigenvalue weighted by atomic mass is 9.68. The van der Waals surface area contributed by atoms with E-state index >= 15 is 0 Å². The number of rotatable bonds is 7. The van der Waals surface area contributed by atoms with Crippen molar-refractivity contribution in [3.63, 3.8) is 0 Å². The minimum atomic E-state index is -4.91. The Morgan fingerprint density at radius 1 is 0.970 bits per heavy atom. The first kappa shape index (κ1) is 25.7. The van der Waals surface area contributed by atoms with E-state index < -0.39 is 17.9 Å². The first-order valence-corrected chi connectivity index (χ1v) is 12.6. The predicted molar refractivity (Wildman–Crippen MR) is 124 cm³/mol. The molecule has 0 unspecified atom stereocenters. The molecule has 5 heteroatoms. The molecule has 0 spiro atoms. The zero-order valence-corrected chi connectivity index (χ0v) is 19.6. The fraction of sp³-hybridized carbons (Fsp3) is 0.643. The Balaban J connectivity index is 1.39. The van der Waals surface area contributed by atoms with Gasteiger partial charge in [0.25, 0.3) is 0 Å². The van der Waals surface area contributed by atoms with Crippen LogP contribution in [0.25, 0.3) is 0 Å². The van der Waals surface area contributed by atoms with Gasteiger partial charge in [0.1, 0.15) is 0 Å². The molecule has 33 heavy (non-hydrogen) atoms. The van der Waals surface area contributed by atoms with Gasteiger partial charge in [0.15, 0.2) is 11.6 Å². The standard InChI is InChI=1S/C28H36F4O/c1-2-3-4-7-21-10-15-24(16-11-21)25-17-12-22(13-18-25)8-5-6-9-23-14-19-27(26(29)20-23)33-28(30,31)32/h5,8,14,19-22,24-25H,2-4,7,10-13,15-18H2,1H3. The van der Waals surface area contributed by atoms with Crippen molar-refractivity contribution in [3.8, 4) is 17.6 Å². The van der Waals surface area contributed by atoms with Crippen LogP contribution in [0.4, 0.5) is 17.6 Å². The number of unbranched alkanes of at least 4 members (excludes halogenated alkanes) is 2. The van der Waals surface area contributed by atoms with Gasteiger partial charge < -0.3 is 4.74 Å². The number of hydrogen-bond acceptors (Lipinski definition) is 1. The van der Waals surface area contributed by atoms with Crippen LogP contribution >= 0.6 is 0 Å². The summed E-state index contributed by atoms with van der Waals surface area (Å²) in [7, 11) is 0. The van der Waals surface area contributed by atoms with E-state index in [1.54, 1.807) is 6.08 Å². The molecule has 0 atom stereocenters. The molecular formula is C28H36F4O. The average Bonchev–Trinajstić information content (AvgIpc) is 2.79. The molecule has 182 valence electrons. The van der Waals surface area contributed by atoms with Crippen LogP contribution in [0, 0.1) is 41.3 Å². The van der Waals surface area contributed by atoms with Crippen LogP contribution in [0.15, 0.2) is 30.4 Å². The molecule has 3 rings (SSSR count). The first-order chi connectivity index (χ1) is 15.8. The lowest BCUT2D eigenvalue weighted by molar-refractivity contribution is -0.275. The largest absolute Gasteiger partial charge is 0.573 e. The third kappa shape index (κ3) is 8.72. The van der Waals surface area contributed by atoms with Crippen LogP contribution in [0.3, 0.4) is 0 Å². The van der Waals surface area contributed by atoms with Crippen molar-refractivity contribution in [2.45, 2.75) is 90.3 Å². The Hall–Kier alpha value is -1.96. The Morgan fingerprint density at radius 3 is 2.24 bits per heavy atom. The molecule has 0 aromatic heterocycles. The van der Waals surface area contributed by atoms with Gasteiger partial charge >= 0.3 is 6.36 Å². The summed E-state index contributed by atoms with van der Waals surface area (Å²) in [6, 6.07) is 3.25. The molecule has 0 radical (unpaired) electrons. The van der Waals surface area contributed by atoms with Gasteiger partial charge in [-0.25, -0.2) is 4.39 Å². The summed E-state index contributed by atoms with van der Waals surface area (Å²) in [6.45, 7) is 2.27. The average molecular weight is 465 g/mol. The summed E-state index contributed by atoms with van der Waals surface area (Å²) < 4.78 is 54.0. The zero-order chi connectivity index (χ0) is 23.7. The number of hydrogen-bond donors (Lipinski definition) is 0. The van der Waals surface area contributed by atoms with Crippen LogP contribution in [0.2, 0.25) is 0 Å². The van der Waals surface area contributed by atoms with Crippen molar-refractivity contribution >= 4 is 0 Å². The van der Waals surface area contributed by atoms with Crippen molar-refractivity contribution in [3.05, 3.63) is 41.7 Å². The second-order valence-electron chi connectivity index (χ2n) is 9.77. The highest BCUT2D eigenvalue weighted by Gasteiger charge is 2.32. The first-order valence-electron chi connectivity index (χ1n) is 12.6. The van der Waals surface area contributed by atoms with Crippen LogP contribution in [-0.4, -0.2) is 6.36 Å². The van der Waals surface area contributed by atoms with Crippen molar-refractivity contribution in [2.75, 3.05) is 0 Å². The van der Waals surface area contributed by atoms with E-state index in [-0.39, 0.29) is 0 Å². The zero-order valence-electron chi connectivity index (χ0n) is 19.6. The van der Waals surface area contributed by atoms with E-state index in [2.05, 4.69) is 29.6 Å². The highest BCUT2D eigenvalue weighted by atomic mass is 19.4. The Labute approximate surface area is 196 Å². The second-order valence-corrected chi connectivity index (χ2v) is 9.77. The number of halogens is 4. The highest BCUT2D eigenvalue weighted by molar-refractivity contribution is 5.41. The number of alkyl halides is 3. The fourth-order valence-electron chi connectivity index (χ4n) is 5.54. The molecule has 0 aliphatic heterocycles. The molecule has 2 aliphatic rings. The van der Waals surface area contributed by atoms with E-state index in [0.717, 1.165) is 29.9 Å². The van der Waals surface area contributed by atoms with Gasteiger partial charge in [-0.3, -0.25) is 0 Å². The van der Waals surface area contributed by atoms with Crippen LogP contribution < -0.4 is 4.74 Å². The fourth-order valence-corrected chi connectivity index (χ4v) is 5.54. The molecule has 2 saturated carbocycles. The summed E-state index contributed by atoms with van der Waals surface area (Å²) in [5.74, 6) is 7.03. The maximum atomic E-state index is 13.8. The summed E-state index contributed by atoms with van der Waals surface area (Å²) in [6.07, 6.45) is 15.2. The van der Waals surface area contributed by atoms with Crippen LogP contribution in [0.5, 0.6) is 5.75 Å². The van der Waals surface area contributed by atoms with Gasteiger partial charge in [-0.15, -0.1) is 13.2 Å². The predicted octanol–water partition coefficient (Wildman–Crippen LogP) is 8.83. The van der Waals surface area contributed by atoms with Gasteiger partial charge in [0.05, 0.1) is 0 Å². The molecule has 1 aromatic rings. The molecule has 0 saturated heterocycles. The third-order valence-electron chi connectivity index (χ3n) is 7.42. The number of ether oxygens (including phenoxy) is 1. The van der Waals surface area contributed by atoms with Gasteiger partial charge in [-0.05, 0) is 86.5 Å². The maximum Gasteiger partial charge on any atom is 0.573 e. The SMILES string of the molecule is CCCCCC1CCC(C2CCC(C=CC#Cc3ccc(OC(F)(F)F)c(F)c3)CC2)CC1. The smallest absolute Gasteiger partial charge is 0.403 e. The Bertz CT molecular complexity index is 817. The molecule has 1 aromatic carbocycles. The minimum Gasteiger partial charge on any atom is -0.403 e. The van der Waals surface area contributed by atoms with E-state index in [4.69, 9.17) is 0 Å². The number of benzene rings is 1. The molecule has 0 bridgehead atoms. The Kier molecular flexibility index (Phi) is 9.71. The van der Waals surface area contributed by atoms with Gasteiger partial charge in [0.2, 0.25) is 0 Å². The second kappa shape index (κ2) is 12.5. The summed E-state index contributed by atoms with van der Waals surface area (Å²) in [5, 5.41) is 0. The molecule has 0 N–H and O–H groups in total. The number of allylic oxidation sites excluding steroid dienone is 2. The van der Waals surface area contributed by atoms with Crippen molar-refractivity contribution < 1.29 is 22.3 Å². The molecular weight excluding hydrogens is 428 g/mol.